The smallest absolute Gasteiger partial charge is 0.406 e. The predicted molar refractivity (Wildman–Crippen MR) is 57.4 cm³/mol. The van der Waals surface area contributed by atoms with Gasteiger partial charge in [0.25, 0.3) is 0 Å². The number of carbonyl (C=O) groups is 1. The van der Waals surface area contributed by atoms with Gasteiger partial charge in [-0.15, -0.1) is 0 Å². The van der Waals surface area contributed by atoms with Crippen molar-refractivity contribution in [3.63, 3.8) is 0 Å². The number of methoxy groups -OCH3 is 1. The van der Waals surface area contributed by atoms with Gasteiger partial charge in [-0.3, -0.25) is 0 Å². The lowest BCUT2D eigenvalue weighted by molar-refractivity contribution is -0.119. The summed E-state index contributed by atoms with van der Waals surface area (Å²) in [5, 5.41) is 0.158. The van der Waals surface area contributed by atoms with Crippen LogP contribution in [0.1, 0.15) is 16.6 Å². The van der Waals surface area contributed by atoms with Crippen LogP contribution < -0.4 is 4.90 Å². The summed E-state index contributed by atoms with van der Waals surface area (Å²) >= 11 is 0.879. The molecule has 1 heterocycles. The minimum atomic E-state index is -4.30. The van der Waals surface area contributed by atoms with Crippen molar-refractivity contribution >= 4 is 22.4 Å². The van der Waals surface area contributed by atoms with Crippen LogP contribution in [-0.4, -0.2) is 37.3 Å². The van der Waals surface area contributed by atoms with Crippen LogP contribution in [0.25, 0.3) is 0 Å². The van der Waals surface area contributed by atoms with Gasteiger partial charge in [0.1, 0.15) is 11.4 Å². The molecule has 1 rings (SSSR count). The topological polar surface area (TPSA) is 42.4 Å². The zero-order valence-corrected chi connectivity index (χ0v) is 10.1. The summed E-state index contributed by atoms with van der Waals surface area (Å²) in [6, 6.07) is 0. The highest BCUT2D eigenvalue weighted by Crippen LogP contribution is 2.26. The third kappa shape index (κ3) is 3.88. The van der Waals surface area contributed by atoms with Crippen LogP contribution in [0.3, 0.4) is 0 Å². The Bertz CT molecular complexity index is 392. The number of hydrogen-bond acceptors (Lipinski definition) is 5. The van der Waals surface area contributed by atoms with Crippen LogP contribution in [0.5, 0.6) is 0 Å². The summed E-state index contributed by atoms with van der Waals surface area (Å²) in [5.41, 5.74) is 0. The molecule has 0 atom stereocenters. The molecule has 4 nitrogen and oxygen atoms in total. The fourth-order valence-corrected chi connectivity index (χ4v) is 2.03. The monoisotopic (exact) mass is 268 g/mol. The van der Waals surface area contributed by atoms with Crippen LogP contribution in [0.15, 0.2) is 6.20 Å². The maximum Gasteiger partial charge on any atom is 0.406 e. The van der Waals surface area contributed by atoms with Gasteiger partial charge in [-0.2, -0.15) is 13.2 Å². The molecule has 8 heteroatoms. The second-order valence-corrected chi connectivity index (χ2v) is 4.14. The molecule has 0 N–H and O–H groups in total. The Labute approximate surface area is 100 Å². The van der Waals surface area contributed by atoms with Gasteiger partial charge in [0, 0.05) is 6.54 Å². The molecule has 0 aliphatic rings. The quantitative estimate of drug-likeness (QED) is 0.786. The second-order valence-electron chi connectivity index (χ2n) is 3.13. The van der Waals surface area contributed by atoms with Gasteiger partial charge >= 0.3 is 12.1 Å². The Hall–Kier alpha value is -1.31. The summed E-state index contributed by atoms with van der Waals surface area (Å²) in [5.74, 6) is -0.600. The molecule has 0 aliphatic carbocycles. The van der Waals surface area contributed by atoms with Crippen LogP contribution in [-0.2, 0) is 4.74 Å². The third-order valence-electron chi connectivity index (χ3n) is 1.90. The number of aromatic nitrogens is 1. The normalized spacial score (nSPS) is 11.4. The molecule has 1 aromatic rings. The number of esters is 1. The fourth-order valence-electron chi connectivity index (χ4n) is 1.14. The number of anilines is 1. The highest BCUT2D eigenvalue weighted by molar-refractivity contribution is 7.17. The van der Waals surface area contributed by atoms with E-state index in [2.05, 4.69) is 9.72 Å². The molecule has 0 aromatic carbocycles. The molecule has 17 heavy (non-hydrogen) atoms. The maximum atomic E-state index is 12.3. The van der Waals surface area contributed by atoms with Crippen molar-refractivity contribution in [3.8, 4) is 0 Å². The molecule has 0 saturated carbocycles. The van der Waals surface area contributed by atoms with Crippen molar-refractivity contribution in [1.82, 2.24) is 4.98 Å². The first-order chi connectivity index (χ1) is 7.87. The minimum absolute atomic E-state index is 0.158. The predicted octanol–water partition coefficient (Wildman–Crippen LogP) is 2.32. The SMILES string of the molecule is CCN(CC(F)(F)F)c1ncc(C(=O)OC)s1. The van der Waals surface area contributed by atoms with Crippen molar-refractivity contribution in [2.45, 2.75) is 13.1 Å². The average molecular weight is 268 g/mol. The van der Waals surface area contributed by atoms with Crippen molar-refractivity contribution < 1.29 is 22.7 Å². The van der Waals surface area contributed by atoms with E-state index in [1.54, 1.807) is 6.92 Å². The van der Waals surface area contributed by atoms with Gasteiger partial charge in [-0.1, -0.05) is 11.3 Å². The number of alkyl halides is 3. The van der Waals surface area contributed by atoms with E-state index in [0.29, 0.717) is 0 Å². The first-order valence-electron chi connectivity index (χ1n) is 4.73. The number of thiazole rings is 1. The van der Waals surface area contributed by atoms with Crippen molar-refractivity contribution in [3.05, 3.63) is 11.1 Å². The van der Waals surface area contributed by atoms with E-state index in [1.165, 1.54) is 13.3 Å². The number of carbonyl (C=O) groups excluding carboxylic acids is 1. The van der Waals surface area contributed by atoms with Crippen molar-refractivity contribution in [1.29, 1.82) is 0 Å². The third-order valence-corrected chi connectivity index (χ3v) is 2.94. The van der Waals surface area contributed by atoms with Crippen molar-refractivity contribution in [2.24, 2.45) is 0 Å². The summed E-state index contributed by atoms with van der Waals surface area (Å²) < 4.78 is 41.2. The van der Waals surface area contributed by atoms with Crippen molar-refractivity contribution in [2.75, 3.05) is 25.1 Å². The highest BCUT2D eigenvalue weighted by Gasteiger charge is 2.31. The lowest BCUT2D eigenvalue weighted by atomic mass is 10.5. The Morgan fingerprint density at radius 1 is 1.59 bits per heavy atom. The molecule has 0 saturated heterocycles. The molecule has 1 aromatic heterocycles. The number of nitrogens with zero attached hydrogens (tertiary/aromatic N) is 2. The number of halogens is 3. The minimum Gasteiger partial charge on any atom is -0.465 e. The van der Waals surface area contributed by atoms with Gasteiger partial charge in [-0.05, 0) is 6.92 Å². The summed E-state index contributed by atoms with van der Waals surface area (Å²) in [6.45, 7) is 0.663. The largest absolute Gasteiger partial charge is 0.465 e. The molecule has 0 aliphatic heterocycles. The number of ether oxygens (including phenoxy) is 1. The Balaban J connectivity index is 2.83. The van der Waals surface area contributed by atoms with E-state index < -0.39 is 18.7 Å². The standard InChI is InChI=1S/C9H11F3N2O2S/c1-3-14(5-9(10,11)12)8-13-4-6(17-8)7(15)16-2/h4H,3,5H2,1-2H3. The highest BCUT2D eigenvalue weighted by atomic mass is 32.1. The molecule has 0 unspecified atom stereocenters. The van der Waals surface area contributed by atoms with E-state index in [1.807, 2.05) is 0 Å². The molecule has 0 fully saturated rings. The van der Waals surface area contributed by atoms with Gasteiger partial charge in [0.05, 0.1) is 13.3 Å². The van der Waals surface area contributed by atoms with E-state index in [9.17, 15) is 18.0 Å². The molecule has 0 amide bonds. The zero-order valence-electron chi connectivity index (χ0n) is 9.24. The van der Waals surface area contributed by atoms with Gasteiger partial charge < -0.3 is 9.64 Å². The van der Waals surface area contributed by atoms with Gasteiger partial charge in [-0.25, -0.2) is 9.78 Å². The number of hydrogen-bond donors (Lipinski definition) is 0. The Morgan fingerprint density at radius 2 is 2.24 bits per heavy atom. The molecule has 96 valence electrons. The molecule has 0 spiro atoms. The fraction of sp³-hybridized carbons (Fsp3) is 0.556. The van der Waals surface area contributed by atoms with Gasteiger partial charge in [0.15, 0.2) is 5.13 Å². The maximum absolute atomic E-state index is 12.3. The Kier molecular flexibility index (Phi) is 4.33. The van der Waals surface area contributed by atoms with E-state index in [4.69, 9.17) is 0 Å². The number of rotatable bonds is 4. The summed E-state index contributed by atoms with van der Waals surface area (Å²) in [4.78, 5) is 16.2. The Morgan fingerprint density at radius 3 is 2.71 bits per heavy atom. The lowest BCUT2D eigenvalue weighted by Crippen LogP contribution is -2.33. The van der Waals surface area contributed by atoms with Gasteiger partial charge in [0.2, 0.25) is 0 Å². The van der Waals surface area contributed by atoms with Crippen LogP contribution in [0.2, 0.25) is 0 Å². The second kappa shape index (κ2) is 5.35. The van der Waals surface area contributed by atoms with E-state index >= 15 is 0 Å². The zero-order chi connectivity index (χ0) is 13.1. The van der Waals surface area contributed by atoms with E-state index in [0.717, 1.165) is 16.2 Å². The first kappa shape index (κ1) is 13.8. The lowest BCUT2D eigenvalue weighted by Gasteiger charge is -2.20. The van der Waals surface area contributed by atoms with E-state index in [-0.39, 0.29) is 16.6 Å². The average Bonchev–Trinajstić information content (AvgIpc) is 2.72. The molecule has 0 bridgehead atoms. The molecule has 0 radical (unpaired) electrons. The van der Waals surface area contributed by atoms with Crippen LogP contribution in [0, 0.1) is 0 Å². The first-order valence-corrected chi connectivity index (χ1v) is 5.55. The van der Waals surface area contributed by atoms with Crippen LogP contribution in [0.4, 0.5) is 18.3 Å². The summed E-state index contributed by atoms with van der Waals surface area (Å²) in [6.07, 6.45) is -3.09. The molecular formula is C9H11F3N2O2S. The summed E-state index contributed by atoms with van der Waals surface area (Å²) in [7, 11) is 1.20. The molecular weight excluding hydrogens is 257 g/mol. The van der Waals surface area contributed by atoms with Crippen LogP contribution >= 0.6 is 11.3 Å².